The first-order valence-electron chi connectivity index (χ1n) is 15.2. The minimum atomic E-state index is -0.676. The van der Waals surface area contributed by atoms with Crippen LogP contribution >= 0.6 is 0 Å². The van der Waals surface area contributed by atoms with Crippen molar-refractivity contribution in [3.63, 3.8) is 0 Å². The van der Waals surface area contributed by atoms with E-state index in [1.54, 1.807) is 7.11 Å². The largest absolute Gasteiger partial charge is 0.493 e. The summed E-state index contributed by atoms with van der Waals surface area (Å²) in [5.74, 6) is 1.39. The highest BCUT2D eigenvalue weighted by Crippen LogP contribution is 2.37. The third kappa shape index (κ3) is 6.89. The van der Waals surface area contributed by atoms with Gasteiger partial charge in [0.25, 0.3) is 0 Å². The summed E-state index contributed by atoms with van der Waals surface area (Å²) in [6.45, 7) is 4.97. The van der Waals surface area contributed by atoms with Crippen molar-refractivity contribution in [1.82, 2.24) is 9.80 Å². The lowest BCUT2D eigenvalue weighted by Crippen LogP contribution is -2.35. The van der Waals surface area contributed by atoms with Gasteiger partial charge in [-0.3, -0.25) is 24.2 Å². The van der Waals surface area contributed by atoms with Crippen molar-refractivity contribution in [3.8, 4) is 17.2 Å². The van der Waals surface area contributed by atoms with Gasteiger partial charge in [0.2, 0.25) is 11.8 Å². The molecule has 2 aromatic carbocycles. The van der Waals surface area contributed by atoms with E-state index in [4.69, 9.17) is 14.2 Å². The Morgan fingerprint density at radius 2 is 1.81 bits per heavy atom. The Balaban J connectivity index is 1.31. The van der Waals surface area contributed by atoms with E-state index >= 15 is 0 Å². The van der Waals surface area contributed by atoms with Gasteiger partial charge in [-0.25, -0.2) is 0 Å². The molecule has 1 atom stereocenters. The van der Waals surface area contributed by atoms with Gasteiger partial charge >= 0.3 is 5.97 Å². The lowest BCUT2D eigenvalue weighted by Gasteiger charge is -2.37. The first-order chi connectivity index (χ1) is 20.4. The number of carboxylic acids is 1. The highest BCUT2D eigenvalue weighted by molar-refractivity contribution is 6.01. The van der Waals surface area contributed by atoms with E-state index in [-0.39, 0.29) is 49.8 Å². The maximum Gasteiger partial charge on any atom is 0.306 e. The second kappa shape index (κ2) is 13.6. The Bertz CT molecular complexity index is 1270. The number of imide groups is 1. The maximum atomic E-state index is 11.9. The molecule has 9 nitrogen and oxygen atoms in total. The highest BCUT2D eigenvalue weighted by atomic mass is 16.5. The normalized spacial score (nSPS) is 20.9. The number of nitrogens with zero attached hydrogens (tertiary/aromatic N) is 2. The van der Waals surface area contributed by atoms with Gasteiger partial charge in [-0.2, -0.15) is 0 Å². The van der Waals surface area contributed by atoms with Gasteiger partial charge in [0.15, 0.2) is 11.5 Å². The van der Waals surface area contributed by atoms with E-state index in [0.717, 1.165) is 63.0 Å². The number of hydrogen-bond acceptors (Lipinski definition) is 7. The number of fused-ring (bicyclic) bond motifs is 1. The SMILES string of the molecule is CCC(c1ccc2c(c1)CCO2)N(Cc1ccc(OCCN2C(=O)CCC2=O)c(OC)c1)C[C@H]1CC[C@H](C(=O)O)CC1. The second-order valence-electron chi connectivity index (χ2n) is 11.6. The van der Waals surface area contributed by atoms with Crippen LogP contribution in [-0.4, -0.2) is 66.1 Å². The second-order valence-corrected chi connectivity index (χ2v) is 11.6. The van der Waals surface area contributed by atoms with Crippen molar-refractivity contribution in [2.45, 2.75) is 70.9 Å². The Morgan fingerprint density at radius 1 is 1.05 bits per heavy atom. The van der Waals surface area contributed by atoms with Gasteiger partial charge in [0.05, 0.1) is 26.2 Å². The number of likely N-dealkylation sites (tertiary alicyclic amines) is 1. The highest BCUT2D eigenvalue weighted by Gasteiger charge is 2.30. The zero-order valence-corrected chi connectivity index (χ0v) is 24.7. The molecule has 1 aliphatic carbocycles. The van der Waals surface area contributed by atoms with Crippen molar-refractivity contribution in [1.29, 1.82) is 0 Å². The van der Waals surface area contributed by atoms with E-state index in [0.29, 0.717) is 24.0 Å². The Kier molecular flexibility index (Phi) is 9.67. The third-order valence-corrected chi connectivity index (χ3v) is 8.96. The number of methoxy groups -OCH3 is 1. The quantitative estimate of drug-likeness (QED) is 0.331. The fraction of sp³-hybridized carbons (Fsp3) is 0.545. The first kappa shape index (κ1) is 29.9. The summed E-state index contributed by atoms with van der Waals surface area (Å²) in [6, 6.07) is 12.7. The molecule has 1 N–H and O–H groups in total. The van der Waals surface area contributed by atoms with Crippen LogP contribution in [0.3, 0.4) is 0 Å². The Morgan fingerprint density at radius 3 is 2.50 bits per heavy atom. The molecule has 2 aliphatic heterocycles. The Hall–Kier alpha value is -3.59. The zero-order valence-electron chi connectivity index (χ0n) is 24.7. The molecule has 42 heavy (non-hydrogen) atoms. The summed E-state index contributed by atoms with van der Waals surface area (Å²) in [4.78, 5) is 39.1. The molecule has 0 radical (unpaired) electrons. The fourth-order valence-corrected chi connectivity index (χ4v) is 6.63. The molecule has 2 heterocycles. The van der Waals surface area contributed by atoms with Crippen molar-refractivity contribution in [2.24, 2.45) is 11.8 Å². The van der Waals surface area contributed by atoms with E-state index in [1.807, 2.05) is 18.2 Å². The van der Waals surface area contributed by atoms with Gasteiger partial charge in [-0.1, -0.05) is 25.1 Å². The molecular weight excluding hydrogens is 536 g/mol. The van der Waals surface area contributed by atoms with Crippen LogP contribution in [0.2, 0.25) is 0 Å². The number of rotatable bonds is 13. The maximum absolute atomic E-state index is 11.9. The number of carbonyl (C=O) groups excluding carboxylic acids is 2. The molecule has 3 aliphatic rings. The molecule has 9 heteroatoms. The van der Waals surface area contributed by atoms with Crippen LogP contribution in [0, 0.1) is 11.8 Å². The van der Waals surface area contributed by atoms with Crippen molar-refractivity contribution in [2.75, 3.05) is 33.4 Å². The van der Waals surface area contributed by atoms with Gasteiger partial charge in [0, 0.05) is 38.4 Å². The molecule has 0 spiro atoms. The van der Waals surface area contributed by atoms with Crippen LogP contribution in [0.5, 0.6) is 17.2 Å². The average molecular weight is 579 g/mol. The van der Waals surface area contributed by atoms with Crippen LogP contribution in [0.15, 0.2) is 36.4 Å². The van der Waals surface area contributed by atoms with Crippen molar-refractivity contribution < 1.29 is 33.7 Å². The summed E-state index contributed by atoms with van der Waals surface area (Å²) < 4.78 is 17.4. The molecule has 5 rings (SSSR count). The van der Waals surface area contributed by atoms with Crippen LogP contribution in [0.1, 0.15) is 74.6 Å². The van der Waals surface area contributed by atoms with Crippen LogP contribution in [0.25, 0.3) is 0 Å². The molecule has 2 amide bonds. The minimum absolute atomic E-state index is 0.149. The molecule has 2 fully saturated rings. The summed E-state index contributed by atoms with van der Waals surface area (Å²) in [5.41, 5.74) is 3.62. The van der Waals surface area contributed by atoms with Gasteiger partial charge in [-0.05, 0) is 72.9 Å². The molecular formula is C33H42N2O7. The summed E-state index contributed by atoms with van der Waals surface area (Å²) in [6.07, 6.45) is 5.71. The molecule has 2 aromatic rings. The third-order valence-electron chi connectivity index (χ3n) is 8.96. The number of carbonyl (C=O) groups is 3. The lowest BCUT2D eigenvalue weighted by molar-refractivity contribution is -0.143. The van der Waals surface area contributed by atoms with Crippen molar-refractivity contribution in [3.05, 3.63) is 53.1 Å². The van der Waals surface area contributed by atoms with Crippen LogP contribution in [0.4, 0.5) is 0 Å². The molecule has 0 bridgehead atoms. The summed E-state index contributed by atoms with van der Waals surface area (Å²) in [5, 5.41) is 9.48. The predicted molar refractivity (Wildman–Crippen MR) is 157 cm³/mol. The van der Waals surface area contributed by atoms with Gasteiger partial charge < -0.3 is 19.3 Å². The molecule has 1 unspecified atom stereocenters. The number of hydrogen-bond donors (Lipinski definition) is 1. The van der Waals surface area contributed by atoms with Gasteiger partial charge in [-0.15, -0.1) is 0 Å². The number of ether oxygens (including phenoxy) is 3. The van der Waals surface area contributed by atoms with Crippen LogP contribution in [-0.2, 0) is 27.3 Å². The van der Waals surface area contributed by atoms with E-state index in [2.05, 4.69) is 30.0 Å². The molecule has 1 saturated carbocycles. The number of carboxylic acid groups (broad SMARTS) is 1. The first-order valence-corrected chi connectivity index (χ1v) is 15.2. The van der Waals surface area contributed by atoms with E-state index in [1.165, 1.54) is 16.0 Å². The van der Waals surface area contributed by atoms with Crippen LogP contribution < -0.4 is 14.2 Å². The molecule has 226 valence electrons. The van der Waals surface area contributed by atoms with E-state index < -0.39 is 5.97 Å². The topological polar surface area (TPSA) is 106 Å². The minimum Gasteiger partial charge on any atom is -0.493 e. The Labute approximate surface area is 247 Å². The molecule has 1 saturated heterocycles. The number of benzene rings is 2. The summed E-state index contributed by atoms with van der Waals surface area (Å²) in [7, 11) is 1.61. The molecule has 0 aromatic heterocycles. The standard InChI is InChI=1S/C33H42N2O7/c1-3-27(25-9-11-28-26(19-25)14-16-41-28)34(20-22-4-7-24(8-5-22)33(38)39)21-23-6-10-29(30(18-23)40-2)42-17-15-35-31(36)12-13-32(35)37/h6,9-11,18-19,22,24,27H,3-5,7-8,12-17,20-21H2,1-2H3,(H,38,39)/t22-,24-,27?. The lowest BCUT2D eigenvalue weighted by atomic mass is 9.81. The summed E-state index contributed by atoms with van der Waals surface area (Å²) >= 11 is 0. The smallest absolute Gasteiger partial charge is 0.306 e. The predicted octanol–water partition coefficient (Wildman–Crippen LogP) is 5.00. The number of aliphatic carboxylic acids is 1. The number of amides is 2. The average Bonchev–Trinajstić information content (AvgIpc) is 3.59. The van der Waals surface area contributed by atoms with Gasteiger partial charge in [0.1, 0.15) is 12.4 Å². The van der Waals surface area contributed by atoms with E-state index in [9.17, 15) is 19.5 Å². The van der Waals surface area contributed by atoms with Crippen molar-refractivity contribution >= 4 is 17.8 Å². The monoisotopic (exact) mass is 578 g/mol. The fourth-order valence-electron chi connectivity index (χ4n) is 6.63. The zero-order chi connectivity index (χ0) is 29.6.